The number of amides is 2. The molecule has 1 aromatic carbocycles. The van der Waals surface area contributed by atoms with E-state index in [-0.39, 0.29) is 11.5 Å². The van der Waals surface area contributed by atoms with Crippen molar-refractivity contribution < 1.29 is 14.8 Å². The second-order valence-corrected chi connectivity index (χ2v) is 5.64. The molecule has 0 radical (unpaired) electrons. The third-order valence-corrected chi connectivity index (χ3v) is 4.02. The molecule has 0 fully saturated rings. The van der Waals surface area contributed by atoms with Crippen LogP contribution in [0, 0.1) is 11.3 Å². The van der Waals surface area contributed by atoms with Gasteiger partial charge in [-0.2, -0.15) is 5.26 Å². The summed E-state index contributed by atoms with van der Waals surface area (Å²) in [5.74, 6) is -0.816. The second-order valence-electron chi connectivity index (χ2n) is 5.64. The molecule has 1 aromatic heterocycles. The molecule has 0 saturated carbocycles. The SMILES string of the molecule is N#Cc1cccc(CN2CCCn3cc(C(=O)NO)cc3C2=O)c1. The van der Waals surface area contributed by atoms with Crippen molar-refractivity contribution >= 4 is 11.8 Å². The van der Waals surface area contributed by atoms with Gasteiger partial charge in [-0.1, -0.05) is 12.1 Å². The molecule has 2 N–H and O–H groups in total. The Morgan fingerprint density at radius 2 is 2.17 bits per heavy atom. The van der Waals surface area contributed by atoms with Gasteiger partial charge in [0.2, 0.25) is 0 Å². The standard InChI is InChI=1S/C17H16N4O3/c18-9-12-3-1-4-13(7-12)10-21-6-2-5-20-11-14(16(22)19-24)8-15(20)17(21)23/h1,3-4,7-8,11,24H,2,5-6,10H2,(H,19,22). The van der Waals surface area contributed by atoms with Crippen LogP contribution in [0.1, 0.15) is 38.4 Å². The first-order chi connectivity index (χ1) is 11.6. The fourth-order valence-electron chi connectivity index (χ4n) is 2.87. The molecule has 122 valence electrons. The molecule has 0 saturated heterocycles. The zero-order chi connectivity index (χ0) is 17.1. The van der Waals surface area contributed by atoms with Crippen molar-refractivity contribution in [2.45, 2.75) is 19.5 Å². The van der Waals surface area contributed by atoms with Crippen molar-refractivity contribution in [3.63, 3.8) is 0 Å². The molecule has 0 unspecified atom stereocenters. The van der Waals surface area contributed by atoms with Gasteiger partial charge >= 0.3 is 0 Å². The summed E-state index contributed by atoms with van der Waals surface area (Å²) in [4.78, 5) is 26.0. The number of nitriles is 1. The number of aromatic nitrogens is 1. The van der Waals surface area contributed by atoms with E-state index in [2.05, 4.69) is 6.07 Å². The highest BCUT2D eigenvalue weighted by Gasteiger charge is 2.25. The lowest BCUT2D eigenvalue weighted by Gasteiger charge is -2.20. The van der Waals surface area contributed by atoms with Gasteiger partial charge in [0.25, 0.3) is 11.8 Å². The molecule has 24 heavy (non-hydrogen) atoms. The van der Waals surface area contributed by atoms with Crippen LogP contribution in [0.5, 0.6) is 0 Å². The van der Waals surface area contributed by atoms with Gasteiger partial charge in [0.1, 0.15) is 5.69 Å². The van der Waals surface area contributed by atoms with E-state index in [1.165, 1.54) is 6.07 Å². The Bertz CT molecular complexity index is 835. The van der Waals surface area contributed by atoms with Gasteiger partial charge in [-0.25, -0.2) is 5.48 Å². The van der Waals surface area contributed by atoms with E-state index in [1.54, 1.807) is 39.3 Å². The van der Waals surface area contributed by atoms with Crippen LogP contribution in [0.15, 0.2) is 36.5 Å². The van der Waals surface area contributed by atoms with Crippen LogP contribution >= 0.6 is 0 Å². The summed E-state index contributed by atoms with van der Waals surface area (Å²) < 4.78 is 1.73. The highest BCUT2D eigenvalue weighted by Crippen LogP contribution is 2.19. The molecule has 1 aliphatic heterocycles. The van der Waals surface area contributed by atoms with Gasteiger partial charge in [-0.3, -0.25) is 14.8 Å². The molecule has 2 heterocycles. The molecular weight excluding hydrogens is 308 g/mol. The van der Waals surface area contributed by atoms with Crippen molar-refractivity contribution in [2.24, 2.45) is 0 Å². The molecule has 0 aliphatic carbocycles. The molecule has 2 aromatic rings. The minimum atomic E-state index is -0.642. The predicted octanol–water partition coefficient (Wildman–Crippen LogP) is 1.52. The Balaban J connectivity index is 1.86. The highest BCUT2D eigenvalue weighted by molar-refractivity contribution is 5.99. The molecule has 7 heteroatoms. The highest BCUT2D eigenvalue weighted by atomic mass is 16.5. The van der Waals surface area contributed by atoms with E-state index < -0.39 is 5.91 Å². The van der Waals surface area contributed by atoms with Crippen LogP contribution in [0.2, 0.25) is 0 Å². The lowest BCUT2D eigenvalue weighted by Crippen LogP contribution is -2.30. The summed E-state index contributed by atoms with van der Waals surface area (Å²) in [6.07, 6.45) is 2.32. The van der Waals surface area contributed by atoms with E-state index in [9.17, 15) is 9.59 Å². The fourth-order valence-corrected chi connectivity index (χ4v) is 2.87. The summed E-state index contributed by atoms with van der Waals surface area (Å²) in [6, 6.07) is 10.7. The Morgan fingerprint density at radius 1 is 1.33 bits per heavy atom. The Hall–Kier alpha value is -3.11. The maximum Gasteiger partial charge on any atom is 0.276 e. The smallest absolute Gasteiger partial charge is 0.276 e. The minimum Gasteiger partial charge on any atom is -0.343 e. The number of rotatable bonds is 3. The van der Waals surface area contributed by atoms with Crippen LogP contribution < -0.4 is 5.48 Å². The van der Waals surface area contributed by atoms with Crippen molar-refractivity contribution in [3.8, 4) is 6.07 Å². The predicted molar refractivity (Wildman–Crippen MR) is 84.2 cm³/mol. The quantitative estimate of drug-likeness (QED) is 0.660. The zero-order valence-corrected chi connectivity index (χ0v) is 12.9. The molecule has 3 rings (SSSR count). The van der Waals surface area contributed by atoms with E-state index in [0.717, 1.165) is 12.0 Å². The number of carbonyl (C=O) groups is 2. The number of nitrogens with zero attached hydrogens (tertiary/aromatic N) is 3. The van der Waals surface area contributed by atoms with Gasteiger partial charge in [0, 0.05) is 25.8 Å². The summed E-state index contributed by atoms with van der Waals surface area (Å²) in [5.41, 5.74) is 3.68. The van der Waals surface area contributed by atoms with E-state index in [1.807, 2.05) is 6.07 Å². The molecular formula is C17H16N4O3. The number of hydroxylamine groups is 1. The lowest BCUT2D eigenvalue weighted by atomic mass is 10.1. The first-order valence-corrected chi connectivity index (χ1v) is 7.55. The van der Waals surface area contributed by atoms with Crippen LogP contribution in [-0.2, 0) is 13.1 Å². The number of nitrogens with one attached hydrogen (secondary N) is 1. The van der Waals surface area contributed by atoms with Gasteiger partial charge in [0.15, 0.2) is 0 Å². The Kier molecular flexibility index (Phi) is 4.31. The maximum atomic E-state index is 12.8. The van der Waals surface area contributed by atoms with Crippen molar-refractivity contribution in [2.75, 3.05) is 6.54 Å². The van der Waals surface area contributed by atoms with E-state index >= 15 is 0 Å². The third kappa shape index (κ3) is 3.00. The average molecular weight is 324 g/mol. The van der Waals surface area contributed by atoms with Crippen LogP contribution in [-0.4, -0.2) is 33.0 Å². The van der Waals surface area contributed by atoms with Crippen LogP contribution in [0.25, 0.3) is 0 Å². The monoisotopic (exact) mass is 324 g/mol. The average Bonchev–Trinajstić information content (AvgIpc) is 2.98. The molecule has 0 bridgehead atoms. The molecule has 0 atom stereocenters. The molecule has 7 nitrogen and oxygen atoms in total. The molecule has 1 aliphatic rings. The van der Waals surface area contributed by atoms with E-state index in [0.29, 0.717) is 30.9 Å². The van der Waals surface area contributed by atoms with Gasteiger partial charge in [-0.15, -0.1) is 0 Å². The van der Waals surface area contributed by atoms with Crippen LogP contribution in [0.3, 0.4) is 0 Å². The summed E-state index contributed by atoms with van der Waals surface area (Å²) in [5, 5.41) is 17.7. The third-order valence-electron chi connectivity index (χ3n) is 4.02. The number of hydrogen-bond acceptors (Lipinski definition) is 4. The lowest BCUT2D eigenvalue weighted by molar-refractivity contribution is 0.0706. The number of hydrogen-bond donors (Lipinski definition) is 2. The second kappa shape index (κ2) is 6.56. The largest absolute Gasteiger partial charge is 0.343 e. The number of benzene rings is 1. The normalized spacial score (nSPS) is 13.8. The zero-order valence-electron chi connectivity index (χ0n) is 12.9. The van der Waals surface area contributed by atoms with Gasteiger partial charge in [-0.05, 0) is 30.2 Å². The Morgan fingerprint density at radius 3 is 2.92 bits per heavy atom. The first-order valence-electron chi connectivity index (χ1n) is 7.55. The Labute approximate surface area is 138 Å². The van der Waals surface area contributed by atoms with Gasteiger partial charge < -0.3 is 9.47 Å². The minimum absolute atomic E-state index is 0.174. The number of aryl methyl sites for hydroxylation is 1. The summed E-state index contributed by atoms with van der Waals surface area (Å²) in [7, 11) is 0. The maximum absolute atomic E-state index is 12.8. The van der Waals surface area contributed by atoms with Crippen LogP contribution in [0.4, 0.5) is 0 Å². The molecule has 0 spiro atoms. The van der Waals surface area contributed by atoms with E-state index in [4.69, 9.17) is 10.5 Å². The summed E-state index contributed by atoms with van der Waals surface area (Å²) >= 11 is 0. The number of carbonyl (C=O) groups excluding carboxylic acids is 2. The van der Waals surface area contributed by atoms with Gasteiger partial charge in [0.05, 0.1) is 17.2 Å². The fraction of sp³-hybridized carbons (Fsp3) is 0.235. The summed E-state index contributed by atoms with van der Waals surface area (Å²) in [6.45, 7) is 1.62. The van der Waals surface area contributed by atoms with Crippen molar-refractivity contribution in [1.29, 1.82) is 5.26 Å². The molecule has 2 amide bonds. The topological polar surface area (TPSA) is 98.4 Å². The van der Waals surface area contributed by atoms with Crippen molar-refractivity contribution in [1.82, 2.24) is 14.9 Å². The number of fused-ring (bicyclic) bond motifs is 1. The van der Waals surface area contributed by atoms with Crippen molar-refractivity contribution in [3.05, 3.63) is 58.9 Å². The first kappa shape index (κ1) is 15.8.